The van der Waals surface area contributed by atoms with Gasteiger partial charge in [0, 0.05) is 12.8 Å². The molecule has 6 atom stereocenters. The van der Waals surface area contributed by atoms with Gasteiger partial charge in [-0.3, -0.25) is 38.4 Å². The van der Waals surface area contributed by atoms with Crippen molar-refractivity contribution in [2.75, 3.05) is 0 Å². The number of nitrogens with one attached hydrogen (secondary N) is 6. The molecule has 0 aliphatic carbocycles. The Balaban J connectivity index is 2.48. The maximum atomic E-state index is 14.2. The average molecular weight is 897 g/mol. The maximum absolute atomic E-state index is 14.2. The molecule has 21 heteroatoms. The molecule has 0 saturated heterocycles. The van der Waals surface area contributed by atoms with Crippen LogP contribution < -0.4 is 31.9 Å². The minimum Gasteiger partial charge on any atom is -0.481 e. The molecule has 0 bridgehead atoms. The second-order valence-corrected chi connectivity index (χ2v) is 17.2. The zero-order valence-electron chi connectivity index (χ0n) is 35.4. The number of alkyl halides is 3. The van der Waals surface area contributed by atoms with Crippen molar-refractivity contribution < 1.29 is 66.5 Å². The number of benzene rings is 1. The molecule has 0 radical (unpaired) electrons. The van der Waals surface area contributed by atoms with E-state index in [9.17, 15) is 66.5 Å². The third-order valence-electron chi connectivity index (χ3n) is 9.37. The first kappa shape index (κ1) is 52.3. The number of carbonyl (C=O) groups is 9. The number of aliphatic carboxylic acids is 2. The summed E-state index contributed by atoms with van der Waals surface area (Å²) in [5.41, 5.74) is 0.690. The van der Waals surface area contributed by atoms with E-state index in [1.54, 1.807) is 84.2 Å². The molecule has 0 saturated carbocycles. The fourth-order valence-corrected chi connectivity index (χ4v) is 6.93. The van der Waals surface area contributed by atoms with Crippen LogP contribution in [0.4, 0.5) is 13.2 Å². The van der Waals surface area contributed by atoms with E-state index in [1.807, 2.05) is 5.32 Å². The summed E-state index contributed by atoms with van der Waals surface area (Å²) in [5.74, 6) is -9.04. The number of rotatable bonds is 23. The molecule has 1 unspecified atom stereocenters. The number of amides is 6. The minimum absolute atomic E-state index is 0.0694. The van der Waals surface area contributed by atoms with Crippen LogP contribution >= 0.6 is 11.3 Å². The summed E-state index contributed by atoms with van der Waals surface area (Å²) >= 11 is 1.04. The Kier molecular flexibility index (Phi) is 19.7. The molecule has 0 spiro atoms. The van der Waals surface area contributed by atoms with Crippen molar-refractivity contribution in [1.29, 1.82) is 0 Å². The second kappa shape index (κ2) is 23.4. The van der Waals surface area contributed by atoms with Crippen LogP contribution in [0.1, 0.15) is 93.1 Å². The normalized spacial score (nSPS) is 14.5. The van der Waals surface area contributed by atoms with Crippen LogP contribution in [-0.4, -0.2) is 106 Å². The first-order valence-electron chi connectivity index (χ1n) is 19.6. The smallest absolute Gasteiger partial charge is 0.391 e. The van der Waals surface area contributed by atoms with Crippen molar-refractivity contribution in [3.63, 3.8) is 0 Å². The van der Waals surface area contributed by atoms with E-state index in [1.165, 1.54) is 0 Å². The summed E-state index contributed by atoms with van der Waals surface area (Å²) in [6.07, 6.45) is -8.89. The lowest BCUT2D eigenvalue weighted by Gasteiger charge is -2.34. The SMILES string of the molecule is Cc1ccccc1C[C@H](NC(=O)[C@H](CCC(=O)O)NC(=O)[C@H](CC(=O)O)NC(=O)c1sccc1C)C(=O)N[C@H](C(=O)N[C@@H](CC(C)C)C(=O)NC(C=O)CC(F)(F)F)C(C)(C)C. The Labute approximate surface area is 360 Å². The summed E-state index contributed by atoms with van der Waals surface area (Å²) in [5, 5.41) is 34.9. The number of hydrogen-bond acceptors (Lipinski definition) is 10. The summed E-state index contributed by atoms with van der Waals surface area (Å²) < 4.78 is 39.1. The monoisotopic (exact) mass is 896 g/mol. The highest BCUT2D eigenvalue weighted by Gasteiger charge is 2.39. The lowest BCUT2D eigenvalue weighted by molar-refractivity contribution is -0.147. The lowest BCUT2D eigenvalue weighted by atomic mass is 9.85. The molecule has 62 heavy (non-hydrogen) atoms. The highest BCUT2D eigenvalue weighted by atomic mass is 32.1. The van der Waals surface area contributed by atoms with Crippen molar-refractivity contribution in [2.45, 2.75) is 129 Å². The fraction of sp³-hybridized carbons (Fsp3) is 0.537. The first-order chi connectivity index (χ1) is 28.7. The molecule has 8 N–H and O–H groups in total. The molecule has 0 fully saturated rings. The third kappa shape index (κ3) is 17.6. The standard InChI is InChI=1S/C41H55F3N6O11S/c1-21(2)16-27(35(57)45-25(20-51)19-41(42,43)44)49-39(61)33(40(5,6)7)50-37(59)28(17-24-11-9-8-10-22(24)3)47-34(56)26(12-13-30(52)53)46-36(58)29(18-31(54)55)48-38(60)32-23(4)14-15-62-32/h8-11,14-15,20-21,25-29,33H,12-13,16-19H2,1-7H3,(H,45,57)(H,46,58)(H,47,56)(H,48,60)(H,49,61)(H,50,59)(H,52,53)(H,54,55)/t25?,26-,27-,28-,29-,33+/m0/s1. The van der Waals surface area contributed by atoms with Crippen LogP contribution in [0.2, 0.25) is 0 Å². The van der Waals surface area contributed by atoms with Gasteiger partial charge < -0.3 is 46.9 Å². The van der Waals surface area contributed by atoms with Gasteiger partial charge in [-0.25, -0.2) is 0 Å². The molecule has 1 aromatic heterocycles. The van der Waals surface area contributed by atoms with E-state index in [0.29, 0.717) is 16.7 Å². The Bertz CT molecular complexity index is 1950. The number of aryl methyl sites for hydroxylation is 2. The summed E-state index contributed by atoms with van der Waals surface area (Å²) in [7, 11) is 0. The van der Waals surface area contributed by atoms with E-state index in [2.05, 4.69) is 26.6 Å². The largest absolute Gasteiger partial charge is 0.481 e. The third-order valence-corrected chi connectivity index (χ3v) is 10.4. The predicted octanol–water partition coefficient (Wildman–Crippen LogP) is 2.71. The number of thiophene rings is 1. The number of carboxylic acid groups (broad SMARTS) is 2. The van der Waals surface area contributed by atoms with Gasteiger partial charge in [0.1, 0.15) is 36.5 Å². The zero-order chi connectivity index (χ0) is 47.1. The van der Waals surface area contributed by atoms with Gasteiger partial charge in [0.25, 0.3) is 5.91 Å². The number of halogens is 3. The molecular formula is C41H55F3N6O11S. The summed E-state index contributed by atoms with van der Waals surface area (Å²) in [6.45, 7) is 11.4. The number of carboxylic acids is 2. The molecule has 0 aliphatic heterocycles. The number of aldehydes is 1. The molecule has 342 valence electrons. The van der Waals surface area contributed by atoms with Crippen LogP contribution in [0.3, 0.4) is 0 Å². The van der Waals surface area contributed by atoms with Gasteiger partial charge in [-0.15, -0.1) is 11.3 Å². The van der Waals surface area contributed by atoms with E-state index < -0.39 is 121 Å². The molecule has 1 heterocycles. The predicted molar refractivity (Wildman–Crippen MR) is 220 cm³/mol. The van der Waals surface area contributed by atoms with Crippen molar-refractivity contribution in [3.05, 3.63) is 57.3 Å². The molecule has 2 rings (SSSR count). The summed E-state index contributed by atoms with van der Waals surface area (Å²) in [6, 6.07) is -1.34. The first-order valence-corrected chi connectivity index (χ1v) is 20.5. The van der Waals surface area contributed by atoms with Crippen LogP contribution in [0, 0.1) is 25.2 Å². The van der Waals surface area contributed by atoms with Crippen molar-refractivity contribution in [2.24, 2.45) is 11.3 Å². The Hall–Kier alpha value is -5.86. The topological polar surface area (TPSA) is 266 Å². The highest BCUT2D eigenvalue weighted by Crippen LogP contribution is 2.23. The zero-order valence-corrected chi connectivity index (χ0v) is 36.3. The van der Waals surface area contributed by atoms with E-state index in [4.69, 9.17) is 0 Å². The van der Waals surface area contributed by atoms with Crippen LogP contribution in [-0.2, 0) is 44.8 Å². The number of hydrogen-bond donors (Lipinski definition) is 8. The average Bonchev–Trinajstić information content (AvgIpc) is 3.59. The fourth-order valence-electron chi connectivity index (χ4n) is 6.10. The van der Waals surface area contributed by atoms with Gasteiger partial charge in [0.2, 0.25) is 29.5 Å². The second-order valence-electron chi connectivity index (χ2n) is 16.3. The molecule has 1 aromatic carbocycles. The Morgan fingerprint density at radius 3 is 1.79 bits per heavy atom. The summed E-state index contributed by atoms with van der Waals surface area (Å²) in [4.78, 5) is 117. The van der Waals surface area contributed by atoms with Gasteiger partial charge >= 0.3 is 18.1 Å². The van der Waals surface area contributed by atoms with Crippen LogP contribution in [0.25, 0.3) is 0 Å². The molecule has 2 aromatic rings. The Morgan fingerprint density at radius 1 is 0.710 bits per heavy atom. The van der Waals surface area contributed by atoms with Crippen molar-refractivity contribution >= 4 is 65.0 Å². The molecule has 6 amide bonds. The van der Waals surface area contributed by atoms with Gasteiger partial charge in [-0.1, -0.05) is 58.9 Å². The minimum atomic E-state index is -4.78. The van der Waals surface area contributed by atoms with E-state index >= 15 is 0 Å². The van der Waals surface area contributed by atoms with E-state index in [0.717, 1.165) is 11.3 Å². The van der Waals surface area contributed by atoms with Crippen LogP contribution in [0.15, 0.2) is 35.7 Å². The van der Waals surface area contributed by atoms with Crippen LogP contribution in [0.5, 0.6) is 0 Å². The van der Waals surface area contributed by atoms with E-state index in [-0.39, 0.29) is 29.9 Å². The van der Waals surface area contributed by atoms with Gasteiger partial charge in [-0.2, -0.15) is 13.2 Å². The maximum Gasteiger partial charge on any atom is 0.391 e. The molecule has 0 aliphatic rings. The molecule has 17 nitrogen and oxygen atoms in total. The Morgan fingerprint density at radius 2 is 1.27 bits per heavy atom. The van der Waals surface area contributed by atoms with Crippen molar-refractivity contribution in [3.8, 4) is 0 Å². The van der Waals surface area contributed by atoms with Gasteiger partial charge in [0.15, 0.2) is 0 Å². The quantitative estimate of drug-likeness (QED) is 0.0752. The van der Waals surface area contributed by atoms with Gasteiger partial charge in [-0.05, 0) is 66.2 Å². The molecular weight excluding hydrogens is 842 g/mol. The van der Waals surface area contributed by atoms with Gasteiger partial charge in [0.05, 0.1) is 23.8 Å². The number of carbonyl (C=O) groups excluding carboxylic acids is 7. The highest BCUT2D eigenvalue weighted by molar-refractivity contribution is 7.12. The lowest BCUT2D eigenvalue weighted by Crippen LogP contribution is -2.62. The van der Waals surface area contributed by atoms with Crippen molar-refractivity contribution in [1.82, 2.24) is 31.9 Å².